The Morgan fingerprint density at radius 2 is 2.16 bits per heavy atom. The molecule has 2 unspecified atom stereocenters. The maximum Gasteiger partial charge on any atom is 0.237 e. The zero-order chi connectivity index (χ0) is 13.5. The van der Waals surface area contributed by atoms with Crippen molar-refractivity contribution in [1.82, 2.24) is 4.90 Å². The van der Waals surface area contributed by atoms with Crippen LogP contribution in [-0.4, -0.2) is 22.4 Å². The van der Waals surface area contributed by atoms with E-state index >= 15 is 0 Å². The topological polar surface area (TPSA) is 46.3 Å². The molecule has 0 saturated carbocycles. The molecule has 1 radical (unpaired) electrons. The zero-order valence-corrected chi connectivity index (χ0v) is 10.8. The zero-order valence-electron chi connectivity index (χ0n) is 10.8. The van der Waals surface area contributed by atoms with Crippen molar-refractivity contribution in [2.75, 3.05) is 0 Å². The number of benzene rings is 1. The van der Waals surface area contributed by atoms with Gasteiger partial charge in [-0.25, -0.2) is 4.39 Å². The molecule has 4 heteroatoms. The predicted molar refractivity (Wildman–Crippen MR) is 70.4 cm³/mol. The summed E-state index contributed by atoms with van der Waals surface area (Å²) in [6.45, 7) is 0.668. The lowest BCUT2D eigenvalue weighted by Gasteiger charge is -2.42. The number of carbonyl (C=O) groups is 1. The number of fused-ring (bicyclic) bond motifs is 2. The fraction of sp³-hybridized carbons (Fsp3) is 0.467. The molecule has 0 spiro atoms. The van der Waals surface area contributed by atoms with Gasteiger partial charge in [-0.3, -0.25) is 9.69 Å². The van der Waals surface area contributed by atoms with Crippen LogP contribution in [0.3, 0.4) is 0 Å². The first-order chi connectivity index (χ1) is 9.12. The molecule has 3 rings (SSSR count). The summed E-state index contributed by atoms with van der Waals surface area (Å²) in [4.78, 5) is 14.1. The largest absolute Gasteiger partial charge is 0.368 e. The van der Waals surface area contributed by atoms with E-state index in [1.807, 2.05) is 0 Å². The Bertz CT molecular complexity index is 483. The van der Waals surface area contributed by atoms with Crippen LogP contribution in [0.1, 0.15) is 31.2 Å². The lowest BCUT2D eigenvalue weighted by Crippen LogP contribution is -2.57. The molecule has 1 amide bonds. The monoisotopic (exact) mass is 261 g/mol. The molecule has 2 aliphatic heterocycles. The van der Waals surface area contributed by atoms with Crippen LogP contribution in [0.4, 0.5) is 4.39 Å². The second-order valence-corrected chi connectivity index (χ2v) is 5.57. The molecule has 0 aromatic heterocycles. The molecule has 2 saturated heterocycles. The third kappa shape index (κ3) is 2.04. The summed E-state index contributed by atoms with van der Waals surface area (Å²) in [5.74, 6) is -0.462. The van der Waals surface area contributed by atoms with Crippen LogP contribution in [0.2, 0.25) is 0 Å². The first-order valence-electron chi connectivity index (χ1n) is 6.74. The summed E-state index contributed by atoms with van der Waals surface area (Å²) in [7, 11) is 0. The minimum absolute atomic E-state index is 0.229. The smallest absolute Gasteiger partial charge is 0.237 e. The Hall–Kier alpha value is -1.42. The fourth-order valence-electron chi connectivity index (χ4n) is 3.47. The van der Waals surface area contributed by atoms with Gasteiger partial charge in [0.15, 0.2) is 0 Å². The first kappa shape index (κ1) is 12.6. The van der Waals surface area contributed by atoms with Gasteiger partial charge in [0, 0.05) is 12.6 Å². The molecule has 1 aromatic rings. The molecular weight excluding hydrogens is 243 g/mol. The van der Waals surface area contributed by atoms with E-state index in [2.05, 4.69) is 11.3 Å². The minimum Gasteiger partial charge on any atom is -0.368 e. The summed E-state index contributed by atoms with van der Waals surface area (Å²) in [5, 5.41) is 0. The number of hydrogen-bond donors (Lipinski definition) is 1. The molecule has 1 aromatic carbocycles. The number of piperidine rings is 1. The molecule has 2 aliphatic rings. The van der Waals surface area contributed by atoms with Gasteiger partial charge in [0.2, 0.25) is 5.91 Å². The number of nitrogens with zero attached hydrogens (tertiary/aromatic N) is 1. The summed E-state index contributed by atoms with van der Waals surface area (Å²) >= 11 is 0. The molecule has 2 fully saturated rings. The molecule has 2 bridgehead atoms. The number of rotatable bonds is 3. The Labute approximate surface area is 112 Å². The third-order valence-corrected chi connectivity index (χ3v) is 4.53. The Balaban J connectivity index is 1.86. The van der Waals surface area contributed by atoms with Gasteiger partial charge in [0.1, 0.15) is 11.4 Å². The van der Waals surface area contributed by atoms with Gasteiger partial charge >= 0.3 is 0 Å². The maximum absolute atomic E-state index is 12.9. The average molecular weight is 261 g/mol. The van der Waals surface area contributed by atoms with Gasteiger partial charge in [0.05, 0.1) is 0 Å². The van der Waals surface area contributed by atoms with Crippen LogP contribution >= 0.6 is 0 Å². The third-order valence-electron chi connectivity index (χ3n) is 4.53. The van der Waals surface area contributed by atoms with E-state index in [-0.39, 0.29) is 11.7 Å². The highest BCUT2D eigenvalue weighted by Gasteiger charge is 2.52. The maximum atomic E-state index is 12.9. The van der Waals surface area contributed by atoms with Gasteiger partial charge < -0.3 is 5.73 Å². The molecule has 2 N–H and O–H groups in total. The molecule has 2 atom stereocenters. The standard InChI is InChI=1S/C15H18FN2O/c16-12-5-3-11(4-6-12)10-18-13-2-1-8-15(18,9-7-13)14(17)19/h1,3-6,13H,2,7-10H2,(H2,17,19). The molecule has 101 valence electrons. The van der Waals surface area contributed by atoms with E-state index in [1.54, 1.807) is 12.1 Å². The highest BCUT2D eigenvalue weighted by molar-refractivity contribution is 5.85. The minimum atomic E-state index is -0.517. The van der Waals surface area contributed by atoms with E-state index in [0.717, 1.165) is 31.2 Å². The Morgan fingerprint density at radius 3 is 2.84 bits per heavy atom. The van der Waals surface area contributed by atoms with Crippen molar-refractivity contribution in [3.63, 3.8) is 0 Å². The van der Waals surface area contributed by atoms with Gasteiger partial charge in [-0.15, -0.1) is 0 Å². The van der Waals surface area contributed by atoms with Crippen LogP contribution in [-0.2, 0) is 11.3 Å². The molecule has 0 aliphatic carbocycles. The molecule has 3 nitrogen and oxygen atoms in total. The van der Waals surface area contributed by atoms with Crippen LogP contribution in [0.25, 0.3) is 0 Å². The number of halogens is 1. The van der Waals surface area contributed by atoms with Gasteiger partial charge in [-0.05, 0) is 49.8 Å². The summed E-state index contributed by atoms with van der Waals surface area (Å²) in [6, 6.07) is 6.88. The fourth-order valence-corrected chi connectivity index (χ4v) is 3.47. The summed E-state index contributed by atoms with van der Waals surface area (Å²) in [5.41, 5.74) is 6.16. The van der Waals surface area contributed by atoms with Crippen molar-refractivity contribution in [2.45, 2.75) is 43.8 Å². The van der Waals surface area contributed by atoms with Crippen molar-refractivity contribution < 1.29 is 9.18 Å². The first-order valence-corrected chi connectivity index (χ1v) is 6.74. The SMILES string of the molecule is NC(=O)C12C[CH]CC(CC1)N2Cc1ccc(F)cc1. The van der Waals surface area contributed by atoms with E-state index in [1.165, 1.54) is 12.1 Å². The molecule has 2 heterocycles. The number of carbonyl (C=O) groups excluding carboxylic acids is 1. The number of nitrogens with two attached hydrogens (primary N) is 1. The number of primary amides is 1. The number of hydrogen-bond acceptors (Lipinski definition) is 2. The van der Waals surface area contributed by atoms with E-state index in [9.17, 15) is 9.18 Å². The van der Waals surface area contributed by atoms with E-state index in [0.29, 0.717) is 12.6 Å². The Kier molecular flexibility index (Phi) is 3.05. The van der Waals surface area contributed by atoms with Crippen LogP contribution in [0.5, 0.6) is 0 Å². The van der Waals surface area contributed by atoms with Crippen LogP contribution < -0.4 is 5.73 Å². The summed E-state index contributed by atoms with van der Waals surface area (Å²) in [6.07, 6.45) is 5.78. The quantitative estimate of drug-likeness (QED) is 0.904. The Morgan fingerprint density at radius 1 is 1.42 bits per heavy atom. The predicted octanol–water partition coefficient (Wildman–Crippen LogP) is 2.01. The molecular formula is C15H18FN2O. The summed E-state index contributed by atoms with van der Waals surface area (Å²) < 4.78 is 12.9. The van der Waals surface area contributed by atoms with Crippen molar-refractivity contribution in [3.05, 3.63) is 42.1 Å². The van der Waals surface area contributed by atoms with Crippen molar-refractivity contribution >= 4 is 5.91 Å². The second-order valence-electron chi connectivity index (χ2n) is 5.57. The van der Waals surface area contributed by atoms with Crippen LogP contribution in [0.15, 0.2) is 24.3 Å². The van der Waals surface area contributed by atoms with E-state index in [4.69, 9.17) is 5.73 Å². The van der Waals surface area contributed by atoms with Crippen molar-refractivity contribution in [1.29, 1.82) is 0 Å². The van der Waals surface area contributed by atoms with Gasteiger partial charge in [-0.2, -0.15) is 0 Å². The normalized spacial score (nSPS) is 30.5. The van der Waals surface area contributed by atoms with Crippen LogP contribution in [0, 0.1) is 12.2 Å². The average Bonchev–Trinajstić information content (AvgIpc) is 2.60. The van der Waals surface area contributed by atoms with Crippen molar-refractivity contribution in [3.8, 4) is 0 Å². The lowest BCUT2D eigenvalue weighted by molar-refractivity contribution is -0.131. The van der Waals surface area contributed by atoms with Crippen molar-refractivity contribution in [2.24, 2.45) is 5.73 Å². The second kappa shape index (κ2) is 4.60. The van der Waals surface area contributed by atoms with E-state index < -0.39 is 5.54 Å². The van der Waals surface area contributed by atoms with Gasteiger partial charge in [0.25, 0.3) is 0 Å². The lowest BCUT2D eigenvalue weighted by atomic mass is 9.87. The number of amides is 1. The highest BCUT2D eigenvalue weighted by Crippen LogP contribution is 2.44. The van der Waals surface area contributed by atoms with Gasteiger partial charge in [-0.1, -0.05) is 12.1 Å². The molecule has 19 heavy (non-hydrogen) atoms. The highest BCUT2D eigenvalue weighted by atomic mass is 19.1.